The number of aryl methyl sites for hydroxylation is 1. The number of hydrogen-bond acceptors (Lipinski definition) is 6. The summed E-state index contributed by atoms with van der Waals surface area (Å²) in [6.07, 6.45) is 5.19. The molecule has 1 amide bonds. The molecule has 1 unspecified atom stereocenters. The molecule has 3 rings (SSSR count). The SMILES string of the molecule is O=C(O)C1CCCN(C(=O)CCc2nc(-c3ccncc3)no2)C1. The zero-order valence-corrected chi connectivity index (χ0v) is 13.1. The van der Waals surface area contributed by atoms with E-state index in [0.717, 1.165) is 12.0 Å². The van der Waals surface area contributed by atoms with Gasteiger partial charge in [-0.2, -0.15) is 4.98 Å². The summed E-state index contributed by atoms with van der Waals surface area (Å²) in [5, 5.41) is 13.0. The Morgan fingerprint density at radius 2 is 2.12 bits per heavy atom. The number of carboxylic acids is 1. The van der Waals surface area contributed by atoms with Gasteiger partial charge in [-0.3, -0.25) is 14.6 Å². The molecule has 1 saturated heterocycles. The van der Waals surface area contributed by atoms with E-state index in [0.29, 0.717) is 31.1 Å². The van der Waals surface area contributed by atoms with E-state index >= 15 is 0 Å². The number of carbonyl (C=O) groups is 2. The van der Waals surface area contributed by atoms with Crippen LogP contribution < -0.4 is 0 Å². The van der Waals surface area contributed by atoms with E-state index < -0.39 is 11.9 Å². The molecule has 0 bridgehead atoms. The van der Waals surface area contributed by atoms with Crippen molar-refractivity contribution in [1.29, 1.82) is 0 Å². The van der Waals surface area contributed by atoms with Crippen LogP contribution in [0.4, 0.5) is 0 Å². The maximum atomic E-state index is 12.3. The second-order valence-electron chi connectivity index (χ2n) is 5.76. The number of hydrogen-bond donors (Lipinski definition) is 1. The maximum Gasteiger partial charge on any atom is 0.308 e. The molecule has 126 valence electrons. The van der Waals surface area contributed by atoms with E-state index in [1.54, 1.807) is 29.4 Å². The topological polar surface area (TPSA) is 109 Å². The standard InChI is InChI=1S/C16H18N4O4/c21-14(20-9-1-2-12(10-20)16(22)23)4-3-13-18-15(19-24-13)11-5-7-17-8-6-11/h5-8,12H,1-4,9-10H2,(H,22,23). The van der Waals surface area contributed by atoms with E-state index in [-0.39, 0.29) is 18.9 Å². The Bertz CT molecular complexity index is 716. The molecular weight excluding hydrogens is 312 g/mol. The summed E-state index contributed by atoms with van der Waals surface area (Å²) in [5.74, 6) is -0.536. The van der Waals surface area contributed by atoms with E-state index in [1.807, 2.05) is 0 Å². The summed E-state index contributed by atoms with van der Waals surface area (Å²) < 4.78 is 5.17. The van der Waals surface area contributed by atoms with Gasteiger partial charge in [0.1, 0.15) is 0 Å². The first-order valence-corrected chi connectivity index (χ1v) is 7.87. The van der Waals surface area contributed by atoms with Gasteiger partial charge >= 0.3 is 5.97 Å². The summed E-state index contributed by atoms with van der Waals surface area (Å²) in [6.45, 7) is 0.884. The van der Waals surface area contributed by atoms with Crippen molar-refractivity contribution >= 4 is 11.9 Å². The molecule has 3 heterocycles. The summed E-state index contributed by atoms with van der Waals surface area (Å²) in [7, 11) is 0. The average Bonchev–Trinajstić information content (AvgIpc) is 3.09. The van der Waals surface area contributed by atoms with Gasteiger partial charge in [0.25, 0.3) is 0 Å². The molecule has 0 aliphatic carbocycles. The highest BCUT2D eigenvalue weighted by atomic mass is 16.5. The number of carboxylic acid groups (broad SMARTS) is 1. The van der Waals surface area contributed by atoms with Gasteiger partial charge in [-0.15, -0.1) is 0 Å². The molecule has 0 spiro atoms. The summed E-state index contributed by atoms with van der Waals surface area (Å²) >= 11 is 0. The minimum absolute atomic E-state index is 0.0791. The van der Waals surface area contributed by atoms with Crippen LogP contribution in [0.5, 0.6) is 0 Å². The fraction of sp³-hybridized carbons (Fsp3) is 0.438. The predicted octanol–water partition coefficient (Wildman–Crippen LogP) is 1.39. The van der Waals surface area contributed by atoms with Gasteiger partial charge in [-0.1, -0.05) is 5.16 Å². The normalized spacial score (nSPS) is 17.7. The lowest BCUT2D eigenvalue weighted by atomic mass is 9.98. The van der Waals surface area contributed by atoms with Crippen molar-refractivity contribution < 1.29 is 19.2 Å². The van der Waals surface area contributed by atoms with Crippen LogP contribution in [0.1, 0.15) is 25.2 Å². The third-order valence-corrected chi connectivity index (χ3v) is 4.08. The van der Waals surface area contributed by atoms with Crippen LogP contribution in [-0.2, 0) is 16.0 Å². The fourth-order valence-electron chi connectivity index (χ4n) is 2.75. The van der Waals surface area contributed by atoms with Crippen LogP contribution in [-0.4, -0.2) is 50.1 Å². The summed E-state index contributed by atoms with van der Waals surface area (Å²) in [6, 6.07) is 3.55. The van der Waals surface area contributed by atoms with Crippen LogP contribution >= 0.6 is 0 Å². The zero-order valence-electron chi connectivity index (χ0n) is 13.1. The second-order valence-corrected chi connectivity index (χ2v) is 5.76. The summed E-state index contributed by atoms with van der Waals surface area (Å²) in [5.41, 5.74) is 0.798. The molecule has 1 N–H and O–H groups in total. The van der Waals surface area contributed by atoms with Gasteiger partial charge in [-0.25, -0.2) is 0 Å². The highest BCUT2D eigenvalue weighted by Gasteiger charge is 2.28. The lowest BCUT2D eigenvalue weighted by Crippen LogP contribution is -2.42. The van der Waals surface area contributed by atoms with Gasteiger partial charge < -0.3 is 14.5 Å². The van der Waals surface area contributed by atoms with Crippen LogP contribution in [0.2, 0.25) is 0 Å². The number of piperidine rings is 1. The Hall–Kier alpha value is -2.77. The number of nitrogens with zero attached hydrogens (tertiary/aromatic N) is 4. The Morgan fingerprint density at radius 1 is 1.33 bits per heavy atom. The number of aliphatic carboxylic acids is 1. The van der Waals surface area contributed by atoms with Gasteiger partial charge in [0, 0.05) is 43.9 Å². The molecular formula is C16H18N4O4. The number of carbonyl (C=O) groups excluding carboxylic acids is 1. The first-order valence-electron chi connectivity index (χ1n) is 7.87. The largest absolute Gasteiger partial charge is 0.481 e. The lowest BCUT2D eigenvalue weighted by Gasteiger charge is -2.30. The number of pyridine rings is 1. The average molecular weight is 330 g/mol. The number of aromatic nitrogens is 3. The molecule has 8 nitrogen and oxygen atoms in total. The van der Waals surface area contributed by atoms with Crippen LogP contribution in [0.25, 0.3) is 11.4 Å². The van der Waals surface area contributed by atoms with Gasteiger partial charge in [-0.05, 0) is 25.0 Å². The number of amides is 1. The third kappa shape index (κ3) is 3.76. The molecule has 0 aromatic carbocycles. The minimum Gasteiger partial charge on any atom is -0.481 e. The Kier molecular flexibility index (Phi) is 4.83. The predicted molar refractivity (Wildman–Crippen MR) is 82.8 cm³/mol. The highest BCUT2D eigenvalue weighted by molar-refractivity contribution is 5.78. The smallest absolute Gasteiger partial charge is 0.308 e. The number of rotatable bonds is 5. The highest BCUT2D eigenvalue weighted by Crippen LogP contribution is 2.18. The van der Waals surface area contributed by atoms with Crippen molar-refractivity contribution in [2.24, 2.45) is 5.92 Å². The monoisotopic (exact) mass is 330 g/mol. The molecule has 2 aromatic rings. The minimum atomic E-state index is -0.841. The van der Waals surface area contributed by atoms with Gasteiger partial charge in [0.05, 0.1) is 5.92 Å². The Balaban J connectivity index is 1.55. The molecule has 0 radical (unpaired) electrons. The summed E-state index contributed by atoms with van der Waals surface area (Å²) in [4.78, 5) is 33.1. The van der Waals surface area contributed by atoms with Crippen molar-refractivity contribution in [3.05, 3.63) is 30.4 Å². The van der Waals surface area contributed by atoms with Gasteiger partial charge in [0.15, 0.2) is 0 Å². The first kappa shape index (κ1) is 16.1. The molecule has 1 aliphatic heterocycles. The molecule has 1 fully saturated rings. The second kappa shape index (κ2) is 7.20. The molecule has 2 aromatic heterocycles. The number of likely N-dealkylation sites (tertiary alicyclic amines) is 1. The van der Waals surface area contributed by atoms with Gasteiger partial charge in [0.2, 0.25) is 17.6 Å². The van der Waals surface area contributed by atoms with Crippen molar-refractivity contribution in [1.82, 2.24) is 20.0 Å². The Labute approximate surface area is 138 Å². The van der Waals surface area contributed by atoms with Crippen molar-refractivity contribution in [2.45, 2.75) is 25.7 Å². The molecule has 24 heavy (non-hydrogen) atoms. The Morgan fingerprint density at radius 3 is 2.88 bits per heavy atom. The van der Waals surface area contributed by atoms with E-state index in [4.69, 9.17) is 9.63 Å². The third-order valence-electron chi connectivity index (χ3n) is 4.08. The fourth-order valence-corrected chi connectivity index (χ4v) is 2.75. The molecule has 1 atom stereocenters. The van der Waals surface area contributed by atoms with E-state index in [9.17, 15) is 9.59 Å². The van der Waals surface area contributed by atoms with E-state index in [1.165, 1.54) is 0 Å². The van der Waals surface area contributed by atoms with Crippen molar-refractivity contribution in [3.8, 4) is 11.4 Å². The van der Waals surface area contributed by atoms with Crippen molar-refractivity contribution in [3.63, 3.8) is 0 Å². The lowest BCUT2D eigenvalue weighted by molar-refractivity contribution is -0.145. The molecule has 8 heteroatoms. The van der Waals surface area contributed by atoms with Crippen LogP contribution in [0.3, 0.4) is 0 Å². The van der Waals surface area contributed by atoms with Crippen molar-refractivity contribution in [2.75, 3.05) is 13.1 Å². The zero-order chi connectivity index (χ0) is 16.9. The van der Waals surface area contributed by atoms with Crippen LogP contribution in [0, 0.1) is 5.92 Å². The molecule has 0 saturated carbocycles. The first-order chi connectivity index (χ1) is 11.6. The van der Waals surface area contributed by atoms with E-state index in [2.05, 4.69) is 15.1 Å². The quantitative estimate of drug-likeness (QED) is 0.882. The molecule has 1 aliphatic rings. The maximum absolute atomic E-state index is 12.3. The van der Waals surface area contributed by atoms with Crippen LogP contribution in [0.15, 0.2) is 29.0 Å².